The third kappa shape index (κ3) is 5.07. The van der Waals surface area contributed by atoms with Crippen molar-refractivity contribution in [2.45, 2.75) is 5.92 Å². The van der Waals surface area contributed by atoms with Crippen LogP contribution in [0.2, 0.25) is 0 Å². The molecule has 3 heteroatoms. The second-order valence-electron chi connectivity index (χ2n) is 11.3. The lowest BCUT2D eigenvalue weighted by atomic mass is 9.81. The Hall–Kier alpha value is -5.77. The number of hydrogen-bond donors (Lipinski definition) is 1. The van der Waals surface area contributed by atoms with E-state index in [-0.39, 0.29) is 5.92 Å². The summed E-state index contributed by atoms with van der Waals surface area (Å²) in [4.78, 5) is 4.40. The van der Waals surface area contributed by atoms with E-state index in [1.165, 1.54) is 61.9 Å². The minimum absolute atomic E-state index is 0.0227. The maximum Gasteiger partial charge on any atom is 0.0664 e. The first-order chi connectivity index (χ1) is 22.8. The first-order valence-electron chi connectivity index (χ1n) is 15.6. The maximum atomic E-state index is 4.50. The summed E-state index contributed by atoms with van der Waals surface area (Å²) >= 11 is 0. The van der Waals surface area contributed by atoms with Crippen molar-refractivity contribution in [3.63, 3.8) is 0 Å². The summed E-state index contributed by atoms with van der Waals surface area (Å²) in [5.74, 6) is 0.0227. The SMILES string of the molecule is C=Nc1ccccc1C(c1ccc(-c2ccc(-n3c4ccccc4c4ccccc43)cc2)cc1)c1cccc2ccccc12.CN. The highest BCUT2D eigenvalue weighted by atomic mass is 15.0. The van der Waals surface area contributed by atoms with Gasteiger partial charge in [0.2, 0.25) is 0 Å². The van der Waals surface area contributed by atoms with Gasteiger partial charge in [-0.1, -0.05) is 133 Å². The average molecular weight is 594 g/mol. The van der Waals surface area contributed by atoms with Gasteiger partial charge in [0.05, 0.1) is 16.7 Å². The van der Waals surface area contributed by atoms with Crippen molar-refractivity contribution in [2.75, 3.05) is 7.05 Å². The quantitative estimate of drug-likeness (QED) is 0.151. The molecule has 0 amide bonds. The molecule has 46 heavy (non-hydrogen) atoms. The van der Waals surface area contributed by atoms with Gasteiger partial charge in [-0.25, -0.2) is 0 Å². The molecule has 0 aliphatic carbocycles. The Morgan fingerprint density at radius 2 is 1.00 bits per heavy atom. The van der Waals surface area contributed by atoms with Crippen LogP contribution in [0.4, 0.5) is 5.69 Å². The van der Waals surface area contributed by atoms with E-state index in [1.807, 2.05) is 12.1 Å². The maximum absolute atomic E-state index is 4.50. The smallest absolute Gasteiger partial charge is 0.0664 e. The highest BCUT2D eigenvalue weighted by molar-refractivity contribution is 6.09. The van der Waals surface area contributed by atoms with Crippen LogP contribution >= 0.6 is 0 Å². The molecule has 0 bridgehead atoms. The van der Waals surface area contributed by atoms with Crippen LogP contribution in [0, 0.1) is 0 Å². The summed E-state index contributed by atoms with van der Waals surface area (Å²) in [7, 11) is 1.50. The zero-order valence-corrected chi connectivity index (χ0v) is 25.8. The van der Waals surface area contributed by atoms with Crippen LogP contribution in [-0.2, 0) is 0 Å². The second-order valence-corrected chi connectivity index (χ2v) is 11.3. The van der Waals surface area contributed by atoms with Gasteiger partial charge >= 0.3 is 0 Å². The van der Waals surface area contributed by atoms with Gasteiger partial charge in [0, 0.05) is 22.4 Å². The minimum Gasteiger partial charge on any atom is -0.333 e. The Kier molecular flexibility index (Phi) is 7.99. The van der Waals surface area contributed by atoms with Crippen molar-refractivity contribution in [1.82, 2.24) is 4.57 Å². The van der Waals surface area contributed by atoms with Crippen molar-refractivity contribution in [2.24, 2.45) is 10.7 Å². The molecule has 0 aliphatic rings. The van der Waals surface area contributed by atoms with Gasteiger partial charge in [0.25, 0.3) is 0 Å². The zero-order valence-electron chi connectivity index (χ0n) is 25.8. The molecule has 2 N–H and O–H groups in total. The largest absolute Gasteiger partial charge is 0.333 e. The molecule has 222 valence electrons. The first kappa shape index (κ1) is 29.0. The molecule has 1 heterocycles. The lowest BCUT2D eigenvalue weighted by Gasteiger charge is -2.22. The first-order valence-corrected chi connectivity index (χ1v) is 15.6. The summed E-state index contributed by atoms with van der Waals surface area (Å²) in [6, 6.07) is 58.8. The molecule has 8 rings (SSSR count). The molecule has 0 spiro atoms. The van der Waals surface area contributed by atoms with E-state index < -0.39 is 0 Å². The molecule has 0 radical (unpaired) electrons. The fourth-order valence-corrected chi connectivity index (χ4v) is 6.78. The molecule has 8 aromatic rings. The van der Waals surface area contributed by atoms with Gasteiger partial charge in [-0.15, -0.1) is 0 Å². The number of aliphatic imine (C=N–C) groups is 1. The van der Waals surface area contributed by atoms with Crippen LogP contribution in [0.1, 0.15) is 22.6 Å². The normalized spacial score (nSPS) is 11.7. The number of hydrogen-bond acceptors (Lipinski definition) is 2. The summed E-state index contributed by atoms with van der Waals surface area (Å²) in [6.45, 7) is 3.88. The highest BCUT2D eigenvalue weighted by Gasteiger charge is 2.22. The fraction of sp³-hybridized carbons (Fsp3) is 0.0465. The topological polar surface area (TPSA) is 43.3 Å². The molecular formula is C43H35N3. The number of para-hydroxylation sites is 3. The van der Waals surface area contributed by atoms with Crippen molar-refractivity contribution in [3.05, 3.63) is 180 Å². The van der Waals surface area contributed by atoms with E-state index in [0.29, 0.717) is 0 Å². The summed E-state index contributed by atoms with van der Waals surface area (Å²) in [5.41, 5.74) is 15.0. The van der Waals surface area contributed by atoms with E-state index in [9.17, 15) is 0 Å². The lowest BCUT2D eigenvalue weighted by molar-refractivity contribution is 0.988. The van der Waals surface area contributed by atoms with Crippen LogP contribution in [0.5, 0.6) is 0 Å². The number of fused-ring (bicyclic) bond motifs is 4. The van der Waals surface area contributed by atoms with Gasteiger partial charge in [-0.3, -0.25) is 4.99 Å². The van der Waals surface area contributed by atoms with E-state index in [0.717, 1.165) is 16.9 Å². The van der Waals surface area contributed by atoms with Crippen molar-refractivity contribution in [1.29, 1.82) is 0 Å². The van der Waals surface area contributed by atoms with Crippen LogP contribution in [0.15, 0.2) is 169 Å². The number of aromatic nitrogens is 1. The van der Waals surface area contributed by atoms with Crippen molar-refractivity contribution in [3.8, 4) is 16.8 Å². The Morgan fingerprint density at radius 1 is 0.500 bits per heavy atom. The molecule has 7 aromatic carbocycles. The van der Waals surface area contributed by atoms with E-state index >= 15 is 0 Å². The Bertz CT molecular complexity index is 2230. The molecule has 0 aliphatic heterocycles. The molecule has 1 aromatic heterocycles. The van der Waals surface area contributed by atoms with Crippen LogP contribution in [0.3, 0.4) is 0 Å². The fourth-order valence-electron chi connectivity index (χ4n) is 6.78. The third-order valence-electron chi connectivity index (χ3n) is 8.84. The Balaban J connectivity index is 0.00000166. The number of nitrogens with zero attached hydrogens (tertiary/aromatic N) is 2. The highest BCUT2D eigenvalue weighted by Crippen LogP contribution is 2.41. The van der Waals surface area contributed by atoms with Gasteiger partial charge in [-0.2, -0.15) is 0 Å². The molecule has 1 unspecified atom stereocenters. The van der Waals surface area contributed by atoms with Gasteiger partial charge in [0.15, 0.2) is 0 Å². The molecule has 0 saturated carbocycles. The summed E-state index contributed by atoms with van der Waals surface area (Å²) < 4.78 is 2.36. The Morgan fingerprint density at radius 3 is 1.65 bits per heavy atom. The summed E-state index contributed by atoms with van der Waals surface area (Å²) in [5, 5.41) is 5.04. The summed E-state index contributed by atoms with van der Waals surface area (Å²) in [6.07, 6.45) is 0. The van der Waals surface area contributed by atoms with Crippen LogP contribution in [-0.4, -0.2) is 18.3 Å². The standard InChI is InChI=1S/C42H30N2.CH5N/c1-43-39-18-7-4-16-38(39)42(37-17-10-12-31-11-2-3-13-34(31)37)32-23-21-29(22-24-32)30-25-27-33(28-26-30)44-40-19-8-5-14-35(40)36-15-6-9-20-41(36)44;1-2/h2-28,42H,1H2;2H2,1H3. The van der Waals surface area contributed by atoms with Crippen LogP contribution < -0.4 is 5.73 Å². The van der Waals surface area contributed by atoms with E-state index in [4.69, 9.17) is 0 Å². The average Bonchev–Trinajstić information content (AvgIpc) is 3.48. The van der Waals surface area contributed by atoms with Crippen molar-refractivity contribution < 1.29 is 0 Å². The monoisotopic (exact) mass is 593 g/mol. The molecule has 0 fully saturated rings. The molecule has 1 atom stereocenters. The predicted octanol–water partition coefficient (Wildman–Crippen LogP) is 10.7. The minimum atomic E-state index is 0.0227. The van der Waals surface area contributed by atoms with Gasteiger partial charge in [0.1, 0.15) is 0 Å². The Labute approximate surface area is 269 Å². The molecule has 0 saturated heterocycles. The molecule has 3 nitrogen and oxygen atoms in total. The van der Waals surface area contributed by atoms with E-state index in [2.05, 4.69) is 174 Å². The molecular weight excluding hydrogens is 558 g/mol. The van der Waals surface area contributed by atoms with Crippen molar-refractivity contribution >= 4 is 45.0 Å². The zero-order chi connectivity index (χ0) is 31.5. The van der Waals surface area contributed by atoms with Gasteiger partial charge < -0.3 is 10.3 Å². The lowest BCUT2D eigenvalue weighted by Crippen LogP contribution is -2.05. The number of benzene rings is 7. The number of nitrogens with two attached hydrogens (primary N) is 1. The third-order valence-corrected chi connectivity index (χ3v) is 8.84. The van der Waals surface area contributed by atoms with Gasteiger partial charge in [-0.05, 0) is 82.7 Å². The van der Waals surface area contributed by atoms with Crippen LogP contribution in [0.25, 0.3) is 49.4 Å². The predicted molar refractivity (Wildman–Crippen MR) is 197 cm³/mol. The number of rotatable bonds is 6. The van der Waals surface area contributed by atoms with E-state index in [1.54, 1.807) is 0 Å². The second kappa shape index (κ2) is 12.7.